The van der Waals surface area contributed by atoms with Gasteiger partial charge in [-0.15, -0.1) is 0 Å². The summed E-state index contributed by atoms with van der Waals surface area (Å²) in [4.78, 5) is 0. The van der Waals surface area contributed by atoms with Gasteiger partial charge >= 0.3 is 0 Å². The van der Waals surface area contributed by atoms with Gasteiger partial charge in [0.15, 0.2) is 12.4 Å². The zero-order chi connectivity index (χ0) is 14.1. The standard InChI is InChI=1S/C16H11ClN2O/c17-13-3-4-14-11(2-1-6-18)8-12-5-7-19(20)10-16(12)15(14)9-13/h3-5,7-10H,1-2H2. The van der Waals surface area contributed by atoms with E-state index in [4.69, 9.17) is 16.9 Å². The second-order valence-electron chi connectivity index (χ2n) is 4.69. The normalized spacial score (nSPS) is 10.8. The molecule has 0 spiro atoms. The Morgan fingerprint density at radius 1 is 1.15 bits per heavy atom. The Balaban J connectivity index is 2.39. The van der Waals surface area contributed by atoms with E-state index in [2.05, 4.69) is 6.07 Å². The van der Waals surface area contributed by atoms with Crippen molar-refractivity contribution >= 4 is 33.1 Å². The minimum Gasteiger partial charge on any atom is -0.619 e. The molecule has 3 rings (SSSR count). The number of aryl methyl sites for hydroxylation is 1. The van der Waals surface area contributed by atoms with Gasteiger partial charge in [0.25, 0.3) is 0 Å². The van der Waals surface area contributed by atoms with Crippen molar-refractivity contribution in [1.82, 2.24) is 0 Å². The monoisotopic (exact) mass is 282 g/mol. The summed E-state index contributed by atoms with van der Waals surface area (Å²) >= 11 is 6.08. The lowest BCUT2D eigenvalue weighted by molar-refractivity contribution is -0.603. The molecule has 0 atom stereocenters. The van der Waals surface area contributed by atoms with Crippen LogP contribution in [0, 0.1) is 16.5 Å². The van der Waals surface area contributed by atoms with E-state index in [0.29, 0.717) is 17.9 Å². The van der Waals surface area contributed by atoms with Crippen LogP contribution in [-0.2, 0) is 6.42 Å². The molecule has 0 aliphatic heterocycles. The Morgan fingerprint density at radius 2 is 2.00 bits per heavy atom. The minimum atomic E-state index is 0.470. The summed E-state index contributed by atoms with van der Waals surface area (Å²) in [6.45, 7) is 0. The van der Waals surface area contributed by atoms with Crippen molar-refractivity contribution in [2.45, 2.75) is 12.8 Å². The van der Waals surface area contributed by atoms with Crippen molar-refractivity contribution < 1.29 is 4.73 Å². The molecule has 0 aliphatic carbocycles. The van der Waals surface area contributed by atoms with Crippen LogP contribution in [0.1, 0.15) is 12.0 Å². The van der Waals surface area contributed by atoms with E-state index < -0.39 is 0 Å². The number of hydrogen-bond acceptors (Lipinski definition) is 2. The van der Waals surface area contributed by atoms with Crippen LogP contribution >= 0.6 is 11.6 Å². The molecule has 3 aromatic rings. The Bertz CT molecular complexity index is 852. The second kappa shape index (κ2) is 4.99. The average molecular weight is 283 g/mol. The van der Waals surface area contributed by atoms with E-state index in [0.717, 1.165) is 31.8 Å². The van der Waals surface area contributed by atoms with Crippen molar-refractivity contribution in [3.8, 4) is 6.07 Å². The summed E-state index contributed by atoms with van der Waals surface area (Å²) in [6, 6.07) is 11.7. The average Bonchev–Trinajstić information content (AvgIpc) is 2.45. The third-order valence-electron chi connectivity index (χ3n) is 3.42. The molecule has 2 aromatic carbocycles. The molecular formula is C16H11ClN2O. The summed E-state index contributed by atoms with van der Waals surface area (Å²) in [5.74, 6) is 0. The number of pyridine rings is 1. The smallest absolute Gasteiger partial charge is 0.188 e. The summed E-state index contributed by atoms with van der Waals surface area (Å²) in [5, 5.41) is 24.8. The van der Waals surface area contributed by atoms with Gasteiger partial charge in [0, 0.05) is 17.5 Å². The number of nitrogens with zero attached hydrogens (tertiary/aromatic N) is 2. The zero-order valence-electron chi connectivity index (χ0n) is 10.6. The molecular weight excluding hydrogens is 272 g/mol. The van der Waals surface area contributed by atoms with E-state index in [9.17, 15) is 5.21 Å². The molecule has 20 heavy (non-hydrogen) atoms. The fraction of sp³-hybridized carbons (Fsp3) is 0.125. The number of benzene rings is 2. The first kappa shape index (κ1) is 12.7. The van der Waals surface area contributed by atoms with Crippen LogP contribution in [0.4, 0.5) is 0 Å². The Kier molecular flexibility index (Phi) is 3.17. The van der Waals surface area contributed by atoms with E-state index in [1.54, 1.807) is 12.3 Å². The van der Waals surface area contributed by atoms with Gasteiger partial charge in [-0.3, -0.25) is 0 Å². The number of nitriles is 1. The van der Waals surface area contributed by atoms with Crippen LogP contribution in [0.5, 0.6) is 0 Å². The van der Waals surface area contributed by atoms with Gasteiger partial charge in [-0.05, 0) is 40.3 Å². The van der Waals surface area contributed by atoms with Crippen LogP contribution in [0.15, 0.2) is 42.7 Å². The van der Waals surface area contributed by atoms with Crippen molar-refractivity contribution in [3.05, 3.63) is 58.5 Å². The molecule has 0 unspecified atom stereocenters. The van der Waals surface area contributed by atoms with Gasteiger partial charge < -0.3 is 5.21 Å². The van der Waals surface area contributed by atoms with E-state index >= 15 is 0 Å². The summed E-state index contributed by atoms with van der Waals surface area (Å²) in [6.07, 6.45) is 4.20. The molecule has 98 valence electrons. The topological polar surface area (TPSA) is 50.7 Å². The molecule has 0 aliphatic rings. The number of fused-ring (bicyclic) bond motifs is 3. The zero-order valence-corrected chi connectivity index (χ0v) is 11.4. The Labute approximate surface area is 121 Å². The van der Waals surface area contributed by atoms with Crippen LogP contribution in [0.3, 0.4) is 0 Å². The highest BCUT2D eigenvalue weighted by atomic mass is 35.5. The second-order valence-corrected chi connectivity index (χ2v) is 5.13. The molecule has 1 heterocycles. The fourth-order valence-electron chi connectivity index (χ4n) is 2.52. The number of halogens is 1. The molecule has 0 amide bonds. The first-order valence-corrected chi connectivity index (χ1v) is 6.67. The van der Waals surface area contributed by atoms with Crippen molar-refractivity contribution in [1.29, 1.82) is 5.26 Å². The number of hydrogen-bond donors (Lipinski definition) is 0. The lowest BCUT2D eigenvalue weighted by atomic mass is 9.96. The fourth-order valence-corrected chi connectivity index (χ4v) is 2.69. The van der Waals surface area contributed by atoms with Crippen LogP contribution < -0.4 is 4.73 Å². The first-order chi connectivity index (χ1) is 9.69. The molecule has 0 radical (unpaired) electrons. The first-order valence-electron chi connectivity index (χ1n) is 6.29. The lowest BCUT2D eigenvalue weighted by Gasteiger charge is -2.09. The van der Waals surface area contributed by atoms with E-state index in [1.807, 2.05) is 24.3 Å². The van der Waals surface area contributed by atoms with Crippen molar-refractivity contribution in [3.63, 3.8) is 0 Å². The van der Waals surface area contributed by atoms with Gasteiger partial charge in [-0.2, -0.15) is 9.99 Å². The summed E-state index contributed by atoms with van der Waals surface area (Å²) in [5.41, 5.74) is 1.11. The van der Waals surface area contributed by atoms with Crippen molar-refractivity contribution in [2.75, 3.05) is 0 Å². The predicted molar refractivity (Wildman–Crippen MR) is 79.4 cm³/mol. The number of rotatable bonds is 2. The van der Waals surface area contributed by atoms with Crippen molar-refractivity contribution in [2.24, 2.45) is 0 Å². The van der Waals surface area contributed by atoms with Crippen LogP contribution in [0.25, 0.3) is 21.5 Å². The summed E-state index contributed by atoms with van der Waals surface area (Å²) in [7, 11) is 0. The van der Waals surface area contributed by atoms with E-state index in [-0.39, 0.29) is 0 Å². The third-order valence-corrected chi connectivity index (χ3v) is 3.66. The molecule has 0 fully saturated rings. The molecule has 1 aromatic heterocycles. The van der Waals surface area contributed by atoms with Gasteiger partial charge in [0.1, 0.15) is 0 Å². The van der Waals surface area contributed by atoms with Gasteiger partial charge in [0.2, 0.25) is 0 Å². The Hall–Kier alpha value is -2.31. The van der Waals surface area contributed by atoms with Gasteiger partial charge in [-0.1, -0.05) is 23.7 Å². The quantitative estimate of drug-likeness (QED) is 0.408. The molecule has 0 saturated carbocycles. The lowest BCUT2D eigenvalue weighted by Crippen LogP contribution is -2.23. The molecule has 0 saturated heterocycles. The minimum absolute atomic E-state index is 0.470. The third kappa shape index (κ3) is 2.15. The largest absolute Gasteiger partial charge is 0.619 e. The van der Waals surface area contributed by atoms with Gasteiger partial charge in [-0.25, -0.2) is 0 Å². The SMILES string of the molecule is N#CCCc1cc2cc[n+]([O-])cc2c2cc(Cl)ccc12. The predicted octanol–water partition coefficient (Wildman–Crippen LogP) is 3.74. The number of aromatic nitrogens is 1. The van der Waals surface area contributed by atoms with Crippen LogP contribution in [-0.4, -0.2) is 0 Å². The van der Waals surface area contributed by atoms with Gasteiger partial charge in [0.05, 0.1) is 11.5 Å². The van der Waals surface area contributed by atoms with Crippen LogP contribution in [0.2, 0.25) is 5.02 Å². The highest BCUT2D eigenvalue weighted by Gasteiger charge is 2.09. The molecule has 4 heteroatoms. The summed E-state index contributed by atoms with van der Waals surface area (Å²) < 4.78 is 0.789. The highest BCUT2D eigenvalue weighted by Crippen LogP contribution is 2.30. The maximum atomic E-state index is 11.5. The highest BCUT2D eigenvalue weighted by molar-refractivity contribution is 6.31. The maximum absolute atomic E-state index is 11.5. The molecule has 0 bridgehead atoms. The maximum Gasteiger partial charge on any atom is 0.188 e. The molecule has 3 nitrogen and oxygen atoms in total. The Morgan fingerprint density at radius 3 is 2.80 bits per heavy atom. The molecule has 0 N–H and O–H groups in total. The van der Waals surface area contributed by atoms with E-state index in [1.165, 1.54) is 6.20 Å².